The number of carbonyl (C=O) groups is 1. The van der Waals surface area contributed by atoms with Crippen LogP contribution < -0.4 is 5.32 Å². The van der Waals surface area contributed by atoms with Crippen molar-refractivity contribution in [1.29, 1.82) is 0 Å². The van der Waals surface area contributed by atoms with Gasteiger partial charge in [0.15, 0.2) is 16.5 Å². The molecular formula is C17H19ClN6O3. The minimum absolute atomic E-state index is 0.0699. The van der Waals surface area contributed by atoms with Gasteiger partial charge in [-0.2, -0.15) is 5.10 Å². The van der Waals surface area contributed by atoms with Crippen LogP contribution in [-0.4, -0.2) is 30.8 Å². The third kappa shape index (κ3) is 2.63. The lowest BCUT2D eigenvalue weighted by Gasteiger charge is -2.56. The summed E-state index contributed by atoms with van der Waals surface area (Å²) in [4.78, 5) is 22.5. The molecule has 0 radical (unpaired) electrons. The fourth-order valence-corrected chi connectivity index (χ4v) is 6.01. The summed E-state index contributed by atoms with van der Waals surface area (Å²) < 4.78 is 2.03. The molecule has 1 amide bonds. The molecule has 10 heteroatoms. The van der Waals surface area contributed by atoms with Gasteiger partial charge in [0.05, 0.1) is 5.54 Å². The zero-order valence-electron chi connectivity index (χ0n) is 14.5. The monoisotopic (exact) mass is 390 g/mol. The highest BCUT2D eigenvalue weighted by Crippen LogP contribution is 2.58. The van der Waals surface area contributed by atoms with Crippen LogP contribution in [-0.2, 0) is 5.54 Å². The summed E-state index contributed by atoms with van der Waals surface area (Å²) in [6.45, 7) is 0. The highest BCUT2D eigenvalue weighted by Gasteiger charge is 2.52. The van der Waals surface area contributed by atoms with E-state index in [-0.39, 0.29) is 16.3 Å². The normalized spacial score (nSPS) is 31.2. The Labute approximate surface area is 159 Å². The van der Waals surface area contributed by atoms with E-state index < -0.39 is 16.6 Å². The van der Waals surface area contributed by atoms with Crippen LogP contribution in [0.2, 0.25) is 5.02 Å². The Kier molecular flexibility index (Phi) is 3.59. The maximum absolute atomic E-state index is 12.4. The Morgan fingerprint density at radius 1 is 1.30 bits per heavy atom. The first-order valence-corrected chi connectivity index (χ1v) is 9.57. The van der Waals surface area contributed by atoms with E-state index in [1.165, 1.54) is 19.3 Å². The number of aromatic amines is 1. The molecule has 0 aliphatic heterocycles. The van der Waals surface area contributed by atoms with E-state index in [1.54, 1.807) is 6.07 Å². The average molecular weight is 391 g/mol. The van der Waals surface area contributed by atoms with Gasteiger partial charge in [0.1, 0.15) is 0 Å². The van der Waals surface area contributed by atoms with Gasteiger partial charge in [0, 0.05) is 12.3 Å². The van der Waals surface area contributed by atoms with E-state index in [0.29, 0.717) is 5.82 Å². The van der Waals surface area contributed by atoms with Crippen LogP contribution in [0.15, 0.2) is 12.3 Å². The topological polar surface area (TPSA) is 119 Å². The van der Waals surface area contributed by atoms with Crippen molar-refractivity contribution in [2.75, 3.05) is 5.32 Å². The van der Waals surface area contributed by atoms with Gasteiger partial charge in [0.25, 0.3) is 5.91 Å². The minimum atomic E-state index is -0.714. The average Bonchev–Trinajstić information content (AvgIpc) is 3.20. The first-order chi connectivity index (χ1) is 12.9. The number of nitro groups is 1. The predicted molar refractivity (Wildman–Crippen MR) is 96.6 cm³/mol. The molecule has 2 aromatic heterocycles. The Balaban J connectivity index is 1.36. The molecule has 4 aliphatic carbocycles. The third-order valence-corrected chi connectivity index (χ3v) is 6.77. The molecule has 6 rings (SSSR count). The molecule has 27 heavy (non-hydrogen) atoms. The standard InChI is InChI=1S/C17H19ClN6O3/c18-13-14(20-21-15(13)24(26)27)16(25)19-12-1-2-23(22-12)17-6-9-3-10(7-17)5-11(4-9)8-17/h1-2,9-11H,3-8H2,(H,20,21)(H,19,22,25). The molecule has 0 aromatic carbocycles. The SMILES string of the molecule is O=C(Nc1ccn(C23CC4CC(CC(C4)C2)C3)n1)c1n[nH]c([N+](=O)[O-])c1Cl. The van der Waals surface area contributed by atoms with Crippen molar-refractivity contribution in [1.82, 2.24) is 20.0 Å². The van der Waals surface area contributed by atoms with E-state index in [1.807, 2.05) is 10.9 Å². The van der Waals surface area contributed by atoms with Crippen molar-refractivity contribution in [3.8, 4) is 0 Å². The number of anilines is 1. The highest BCUT2D eigenvalue weighted by molar-refractivity contribution is 6.35. The lowest BCUT2D eigenvalue weighted by atomic mass is 9.53. The fraction of sp³-hybridized carbons (Fsp3) is 0.588. The lowest BCUT2D eigenvalue weighted by molar-refractivity contribution is -0.389. The number of hydrogen-bond donors (Lipinski definition) is 2. The fourth-order valence-electron chi connectivity index (χ4n) is 5.77. The largest absolute Gasteiger partial charge is 0.362 e. The molecule has 0 atom stereocenters. The van der Waals surface area contributed by atoms with Crippen molar-refractivity contribution in [3.63, 3.8) is 0 Å². The second kappa shape index (κ2) is 5.79. The summed E-state index contributed by atoms with van der Waals surface area (Å²) in [7, 11) is 0. The van der Waals surface area contributed by atoms with Crippen LogP contribution >= 0.6 is 11.6 Å². The summed E-state index contributed by atoms with van der Waals surface area (Å²) in [5.41, 5.74) is -0.145. The number of halogens is 1. The predicted octanol–water partition coefficient (Wildman–Crippen LogP) is 3.35. The first-order valence-electron chi connectivity index (χ1n) is 9.19. The van der Waals surface area contributed by atoms with Gasteiger partial charge >= 0.3 is 5.82 Å². The maximum Gasteiger partial charge on any atom is 0.362 e. The van der Waals surface area contributed by atoms with Crippen LogP contribution in [0.3, 0.4) is 0 Å². The summed E-state index contributed by atoms with van der Waals surface area (Å²) in [6.07, 6.45) is 9.45. The first kappa shape index (κ1) is 16.7. The van der Waals surface area contributed by atoms with E-state index in [4.69, 9.17) is 11.6 Å². The minimum Gasteiger partial charge on any atom is -0.358 e. The Morgan fingerprint density at radius 2 is 1.93 bits per heavy atom. The Hall–Kier alpha value is -2.42. The van der Waals surface area contributed by atoms with E-state index in [0.717, 1.165) is 37.0 Å². The van der Waals surface area contributed by atoms with E-state index >= 15 is 0 Å². The number of rotatable bonds is 4. The quantitative estimate of drug-likeness (QED) is 0.612. The molecule has 9 nitrogen and oxygen atoms in total. The maximum atomic E-state index is 12.4. The molecule has 4 saturated carbocycles. The second-order valence-corrected chi connectivity index (χ2v) is 8.61. The van der Waals surface area contributed by atoms with Gasteiger partial charge in [-0.3, -0.25) is 9.48 Å². The smallest absolute Gasteiger partial charge is 0.358 e. The van der Waals surface area contributed by atoms with Gasteiger partial charge in [-0.15, -0.1) is 5.10 Å². The van der Waals surface area contributed by atoms with E-state index in [2.05, 4.69) is 20.6 Å². The van der Waals surface area contributed by atoms with Crippen molar-refractivity contribution in [2.24, 2.45) is 17.8 Å². The molecule has 0 spiro atoms. The van der Waals surface area contributed by atoms with Gasteiger partial charge in [-0.25, -0.2) is 0 Å². The summed E-state index contributed by atoms with van der Waals surface area (Å²) >= 11 is 5.87. The number of amides is 1. The van der Waals surface area contributed by atoms with Gasteiger partial charge in [-0.05, 0) is 61.2 Å². The summed E-state index contributed by atoms with van der Waals surface area (Å²) in [5.74, 6) is 1.66. The Morgan fingerprint density at radius 3 is 2.48 bits per heavy atom. The van der Waals surface area contributed by atoms with Crippen LogP contribution in [0.1, 0.15) is 49.0 Å². The second-order valence-electron chi connectivity index (χ2n) is 8.23. The Bertz CT molecular complexity index is 900. The summed E-state index contributed by atoms with van der Waals surface area (Å²) in [5, 5.41) is 23.6. The molecule has 2 heterocycles. The van der Waals surface area contributed by atoms with Crippen LogP contribution in [0.4, 0.5) is 11.6 Å². The third-order valence-electron chi connectivity index (χ3n) is 6.41. The number of H-pyrrole nitrogens is 1. The zero-order chi connectivity index (χ0) is 18.8. The number of carbonyl (C=O) groups excluding carboxylic acids is 1. The number of nitrogens with one attached hydrogen (secondary N) is 2. The number of hydrogen-bond acceptors (Lipinski definition) is 5. The van der Waals surface area contributed by atoms with Gasteiger partial charge < -0.3 is 15.4 Å². The van der Waals surface area contributed by atoms with Crippen LogP contribution in [0, 0.1) is 27.9 Å². The molecule has 142 valence electrons. The highest BCUT2D eigenvalue weighted by atomic mass is 35.5. The molecule has 4 fully saturated rings. The molecule has 4 bridgehead atoms. The zero-order valence-corrected chi connectivity index (χ0v) is 15.3. The molecular weight excluding hydrogens is 372 g/mol. The van der Waals surface area contributed by atoms with E-state index in [9.17, 15) is 14.9 Å². The molecule has 4 aliphatic rings. The van der Waals surface area contributed by atoms with Crippen molar-refractivity contribution >= 4 is 29.1 Å². The van der Waals surface area contributed by atoms with Crippen LogP contribution in [0.5, 0.6) is 0 Å². The van der Waals surface area contributed by atoms with Gasteiger partial charge in [-0.1, -0.05) is 16.7 Å². The van der Waals surface area contributed by atoms with Crippen molar-refractivity contribution < 1.29 is 9.72 Å². The summed E-state index contributed by atoms with van der Waals surface area (Å²) in [6, 6.07) is 1.76. The molecule has 2 N–H and O–H groups in total. The van der Waals surface area contributed by atoms with Crippen molar-refractivity contribution in [2.45, 2.75) is 44.1 Å². The van der Waals surface area contributed by atoms with Crippen LogP contribution in [0.25, 0.3) is 0 Å². The number of nitrogens with zero attached hydrogens (tertiary/aromatic N) is 4. The molecule has 0 unspecified atom stereocenters. The lowest BCUT2D eigenvalue weighted by Crippen LogP contribution is -2.52. The molecule has 2 aromatic rings. The number of aromatic nitrogens is 4. The van der Waals surface area contributed by atoms with Gasteiger partial charge in [0.2, 0.25) is 0 Å². The molecule has 0 saturated heterocycles. The van der Waals surface area contributed by atoms with Crippen molar-refractivity contribution in [3.05, 3.63) is 33.1 Å².